The Morgan fingerprint density at radius 1 is 1.30 bits per heavy atom. The van der Waals surface area contributed by atoms with Gasteiger partial charge in [-0.15, -0.1) is 0 Å². The molecular formula is C14H16N2O7. The number of nitro benzene ring substituents is 1. The Labute approximate surface area is 131 Å². The second kappa shape index (κ2) is 7.65. The van der Waals surface area contributed by atoms with E-state index in [-0.39, 0.29) is 12.2 Å². The normalized spacial score (nSPS) is 15.1. The van der Waals surface area contributed by atoms with E-state index in [1.54, 1.807) is 0 Å². The smallest absolute Gasteiger partial charge is 0.339 e. The molecule has 124 valence electrons. The number of benzene rings is 1. The Morgan fingerprint density at radius 3 is 2.61 bits per heavy atom. The van der Waals surface area contributed by atoms with Gasteiger partial charge in [-0.25, -0.2) is 9.59 Å². The first-order valence-electron chi connectivity index (χ1n) is 6.98. The Bertz CT molecular complexity index is 611. The van der Waals surface area contributed by atoms with Crippen LogP contribution in [0, 0.1) is 10.1 Å². The van der Waals surface area contributed by atoms with Gasteiger partial charge in [0.1, 0.15) is 6.61 Å². The van der Waals surface area contributed by atoms with Crippen molar-refractivity contribution >= 4 is 17.6 Å². The Hall–Kier alpha value is -2.52. The molecule has 1 N–H and O–H groups in total. The number of hydrogen-bond acceptors (Lipinski definition) is 7. The van der Waals surface area contributed by atoms with Crippen molar-refractivity contribution in [2.24, 2.45) is 0 Å². The predicted octanol–water partition coefficient (Wildman–Crippen LogP) is 0.782. The summed E-state index contributed by atoms with van der Waals surface area (Å²) in [5.41, 5.74) is -1.05. The average molecular weight is 324 g/mol. The maximum Gasteiger partial charge on any atom is 0.339 e. The highest BCUT2D eigenvalue weighted by Gasteiger charge is 2.22. The third kappa shape index (κ3) is 4.47. The van der Waals surface area contributed by atoms with Gasteiger partial charge in [0.2, 0.25) is 0 Å². The van der Waals surface area contributed by atoms with E-state index in [4.69, 9.17) is 14.6 Å². The SMILES string of the molecule is O=C(O)c1cc([N+](=O)[O-])ccc1C(=O)OCCN1CCOCC1. The lowest BCUT2D eigenvalue weighted by atomic mass is 10.1. The van der Waals surface area contributed by atoms with Crippen molar-refractivity contribution in [3.63, 3.8) is 0 Å². The van der Waals surface area contributed by atoms with Crippen LogP contribution in [-0.4, -0.2) is 66.3 Å². The minimum absolute atomic E-state index is 0.106. The van der Waals surface area contributed by atoms with Crippen LogP contribution in [0.3, 0.4) is 0 Å². The van der Waals surface area contributed by atoms with Crippen LogP contribution >= 0.6 is 0 Å². The van der Waals surface area contributed by atoms with Gasteiger partial charge >= 0.3 is 11.9 Å². The van der Waals surface area contributed by atoms with E-state index in [0.29, 0.717) is 19.8 Å². The first-order valence-corrected chi connectivity index (χ1v) is 6.98. The summed E-state index contributed by atoms with van der Waals surface area (Å²) < 4.78 is 10.3. The third-order valence-electron chi connectivity index (χ3n) is 3.41. The van der Waals surface area contributed by atoms with Gasteiger partial charge in [0.25, 0.3) is 5.69 Å². The molecular weight excluding hydrogens is 308 g/mol. The Balaban J connectivity index is 2.00. The topological polar surface area (TPSA) is 119 Å². The van der Waals surface area contributed by atoms with E-state index >= 15 is 0 Å². The lowest BCUT2D eigenvalue weighted by Crippen LogP contribution is -2.38. The number of aromatic carboxylic acids is 1. The molecule has 1 heterocycles. The molecule has 9 nitrogen and oxygen atoms in total. The van der Waals surface area contributed by atoms with Crippen molar-refractivity contribution < 1.29 is 29.1 Å². The number of carbonyl (C=O) groups is 2. The molecule has 0 unspecified atom stereocenters. The van der Waals surface area contributed by atoms with E-state index in [1.807, 2.05) is 0 Å². The number of carboxylic acids is 1. The quantitative estimate of drug-likeness (QED) is 0.463. The molecule has 1 aliphatic rings. The molecule has 1 saturated heterocycles. The first-order chi connectivity index (χ1) is 11.0. The van der Waals surface area contributed by atoms with Crippen LogP contribution in [-0.2, 0) is 9.47 Å². The van der Waals surface area contributed by atoms with Crippen molar-refractivity contribution in [3.05, 3.63) is 39.4 Å². The molecule has 0 aliphatic carbocycles. The molecule has 23 heavy (non-hydrogen) atoms. The molecule has 0 saturated carbocycles. The van der Waals surface area contributed by atoms with Crippen LogP contribution in [0.2, 0.25) is 0 Å². The van der Waals surface area contributed by atoms with Crippen molar-refractivity contribution in [1.29, 1.82) is 0 Å². The summed E-state index contributed by atoms with van der Waals surface area (Å²) in [7, 11) is 0. The zero-order valence-electron chi connectivity index (χ0n) is 12.3. The molecule has 0 radical (unpaired) electrons. The van der Waals surface area contributed by atoms with Gasteiger partial charge in [-0.1, -0.05) is 0 Å². The highest BCUT2D eigenvalue weighted by molar-refractivity contribution is 6.02. The van der Waals surface area contributed by atoms with Gasteiger partial charge in [0, 0.05) is 31.8 Å². The molecule has 1 aromatic carbocycles. The van der Waals surface area contributed by atoms with E-state index in [0.717, 1.165) is 31.3 Å². The summed E-state index contributed by atoms with van der Waals surface area (Å²) >= 11 is 0. The standard InChI is InChI=1S/C14H16N2O7/c17-13(18)12-9-10(16(20)21)1-2-11(12)14(19)23-8-5-15-3-6-22-7-4-15/h1-2,9H,3-8H2,(H,17,18). The number of carbonyl (C=O) groups excluding carboxylic acids is 1. The van der Waals surface area contributed by atoms with Crippen LogP contribution in [0.15, 0.2) is 18.2 Å². The molecule has 1 aromatic rings. The number of nitro groups is 1. The lowest BCUT2D eigenvalue weighted by molar-refractivity contribution is -0.384. The molecule has 9 heteroatoms. The van der Waals surface area contributed by atoms with Gasteiger partial charge in [-0.05, 0) is 6.07 Å². The number of esters is 1. The largest absolute Gasteiger partial charge is 0.478 e. The monoisotopic (exact) mass is 324 g/mol. The fourth-order valence-electron chi connectivity index (χ4n) is 2.17. The number of non-ortho nitro benzene ring substituents is 1. The zero-order valence-corrected chi connectivity index (χ0v) is 12.3. The third-order valence-corrected chi connectivity index (χ3v) is 3.41. The number of hydrogen-bond donors (Lipinski definition) is 1. The Morgan fingerprint density at radius 2 is 2.00 bits per heavy atom. The second-order valence-corrected chi connectivity index (χ2v) is 4.88. The van der Waals surface area contributed by atoms with Crippen LogP contribution in [0.25, 0.3) is 0 Å². The number of morpholine rings is 1. The van der Waals surface area contributed by atoms with Gasteiger partial charge in [-0.3, -0.25) is 15.0 Å². The number of rotatable bonds is 6. The van der Waals surface area contributed by atoms with E-state index in [1.165, 1.54) is 0 Å². The number of ether oxygens (including phenoxy) is 2. The second-order valence-electron chi connectivity index (χ2n) is 4.88. The maximum absolute atomic E-state index is 12.0. The number of carboxylic acid groups (broad SMARTS) is 1. The molecule has 1 fully saturated rings. The fourth-order valence-corrected chi connectivity index (χ4v) is 2.17. The van der Waals surface area contributed by atoms with Gasteiger partial charge in [0.05, 0.1) is 29.3 Å². The minimum Gasteiger partial charge on any atom is -0.478 e. The molecule has 0 spiro atoms. The lowest BCUT2D eigenvalue weighted by Gasteiger charge is -2.26. The van der Waals surface area contributed by atoms with Crippen molar-refractivity contribution in [3.8, 4) is 0 Å². The summed E-state index contributed by atoms with van der Waals surface area (Å²) in [4.78, 5) is 35.2. The Kier molecular flexibility index (Phi) is 5.61. The van der Waals surface area contributed by atoms with Crippen molar-refractivity contribution in [1.82, 2.24) is 4.90 Å². The van der Waals surface area contributed by atoms with E-state index < -0.39 is 28.1 Å². The molecule has 0 atom stereocenters. The number of nitrogens with zero attached hydrogens (tertiary/aromatic N) is 2. The first kappa shape index (κ1) is 16.8. The summed E-state index contributed by atoms with van der Waals surface area (Å²) in [5, 5.41) is 19.8. The summed E-state index contributed by atoms with van der Waals surface area (Å²) in [5.74, 6) is -2.24. The van der Waals surface area contributed by atoms with Crippen LogP contribution in [0.5, 0.6) is 0 Å². The minimum atomic E-state index is -1.42. The van der Waals surface area contributed by atoms with Gasteiger partial charge in [-0.2, -0.15) is 0 Å². The maximum atomic E-state index is 12.0. The average Bonchev–Trinajstić information content (AvgIpc) is 2.55. The molecule has 0 bridgehead atoms. The van der Waals surface area contributed by atoms with E-state index in [9.17, 15) is 19.7 Å². The highest BCUT2D eigenvalue weighted by Crippen LogP contribution is 2.19. The van der Waals surface area contributed by atoms with Crippen molar-refractivity contribution in [2.75, 3.05) is 39.5 Å². The molecule has 2 rings (SSSR count). The predicted molar refractivity (Wildman–Crippen MR) is 77.6 cm³/mol. The summed E-state index contributed by atoms with van der Waals surface area (Å²) in [6.07, 6.45) is 0. The van der Waals surface area contributed by atoms with Gasteiger partial charge < -0.3 is 14.6 Å². The highest BCUT2D eigenvalue weighted by atomic mass is 16.6. The van der Waals surface area contributed by atoms with Crippen LogP contribution in [0.4, 0.5) is 5.69 Å². The summed E-state index contributed by atoms with van der Waals surface area (Å²) in [6, 6.07) is 3.02. The summed E-state index contributed by atoms with van der Waals surface area (Å²) in [6.45, 7) is 3.36. The molecule has 1 aliphatic heterocycles. The van der Waals surface area contributed by atoms with E-state index in [2.05, 4.69) is 4.90 Å². The fraction of sp³-hybridized carbons (Fsp3) is 0.429. The zero-order chi connectivity index (χ0) is 16.8. The molecule has 0 aromatic heterocycles. The van der Waals surface area contributed by atoms with Crippen LogP contribution < -0.4 is 0 Å². The molecule has 0 amide bonds. The van der Waals surface area contributed by atoms with Gasteiger partial charge in [0.15, 0.2) is 0 Å². The van der Waals surface area contributed by atoms with Crippen LogP contribution in [0.1, 0.15) is 20.7 Å². The van der Waals surface area contributed by atoms with Crippen molar-refractivity contribution in [2.45, 2.75) is 0 Å².